The SMILES string of the molecule is CCc1nn(C)c(CNC2CCCC2(C)C)c1Cl. The highest BCUT2D eigenvalue weighted by atomic mass is 35.5. The molecule has 1 heterocycles. The summed E-state index contributed by atoms with van der Waals surface area (Å²) in [7, 11) is 1.97. The molecular formula is C14H24ClN3. The molecule has 1 unspecified atom stereocenters. The van der Waals surface area contributed by atoms with Crippen molar-refractivity contribution in [2.45, 2.75) is 59.0 Å². The van der Waals surface area contributed by atoms with Crippen molar-refractivity contribution in [3.05, 3.63) is 16.4 Å². The number of hydrogen-bond donors (Lipinski definition) is 1. The third-order valence-corrected chi connectivity index (χ3v) is 4.71. The zero-order chi connectivity index (χ0) is 13.3. The number of nitrogens with zero attached hydrogens (tertiary/aromatic N) is 2. The van der Waals surface area contributed by atoms with E-state index in [9.17, 15) is 0 Å². The Kier molecular flexibility index (Phi) is 4.02. The third-order valence-electron chi connectivity index (χ3n) is 4.28. The molecule has 18 heavy (non-hydrogen) atoms. The molecule has 1 fully saturated rings. The van der Waals surface area contributed by atoms with Gasteiger partial charge in [-0.15, -0.1) is 0 Å². The first-order valence-electron chi connectivity index (χ1n) is 6.89. The number of hydrogen-bond acceptors (Lipinski definition) is 2. The van der Waals surface area contributed by atoms with E-state index in [0.717, 1.165) is 29.4 Å². The molecule has 0 radical (unpaired) electrons. The minimum absolute atomic E-state index is 0.401. The van der Waals surface area contributed by atoms with Gasteiger partial charge in [-0.3, -0.25) is 4.68 Å². The van der Waals surface area contributed by atoms with Gasteiger partial charge in [0.25, 0.3) is 0 Å². The van der Waals surface area contributed by atoms with E-state index in [1.54, 1.807) is 0 Å². The molecular weight excluding hydrogens is 246 g/mol. The number of nitrogens with one attached hydrogen (secondary N) is 1. The summed E-state index contributed by atoms with van der Waals surface area (Å²) in [6.07, 6.45) is 4.79. The lowest BCUT2D eigenvalue weighted by Gasteiger charge is -2.28. The summed E-state index contributed by atoms with van der Waals surface area (Å²) in [4.78, 5) is 0. The standard InChI is InChI=1S/C14H24ClN3/c1-5-10-13(15)11(18(4)17-10)9-16-12-7-6-8-14(12,2)3/h12,16H,5-9H2,1-4H3. The van der Waals surface area contributed by atoms with Crippen molar-refractivity contribution < 1.29 is 0 Å². The van der Waals surface area contributed by atoms with Gasteiger partial charge >= 0.3 is 0 Å². The van der Waals surface area contributed by atoms with Gasteiger partial charge in [0.1, 0.15) is 0 Å². The Bertz CT molecular complexity index is 423. The van der Waals surface area contributed by atoms with Gasteiger partial charge in [0, 0.05) is 19.6 Å². The lowest BCUT2D eigenvalue weighted by atomic mass is 9.87. The zero-order valence-corrected chi connectivity index (χ0v) is 12.6. The third kappa shape index (κ3) is 2.57. The molecule has 1 aliphatic rings. The Morgan fingerprint density at radius 1 is 1.50 bits per heavy atom. The van der Waals surface area contributed by atoms with Gasteiger partial charge in [0.15, 0.2) is 0 Å². The highest BCUT2D eigenvalue weighted by molar-refractivity contribution is 6.31. The molecule has 102 valence electrons. The second-order valence-corrected chi connectivity index (χ2v) is 6.38. The molecule has 1 N–H and O–H groups in total. The van der Waals surface area contributed by atoms with Crippen LogP contribution in [0, 0.1) is 5.41 Å². The minimum atomic E-state index is 0.401. The van der Waals surface area contributed by atoms with Crippen molar-refractivity contribution in [3.63, 3.8) is 0 Å². The van der Waals surface area contributed by atoms with Crippen molar-refractivity contribution >= 4 is 11.6 Å². The molecule has 1 atom stereocenters. The van der Waals surface area contributed by atoms with Crippen LogP contribution < -0.4 is 5.32 Å². The van der Waals surface area contributed by atoms with Crippen LogP contribution >= 0.6 is 11.6 Å². The second-order valence-electron chi connectivity index (χ2n) is 6.00. The van der Waals surface area contributed by atoms with E-state index in [-0.39, 0.29) is 0 Å². The van der Waals surface area contributed by atoms with Crippen molar-refractivity contribution in [3.8, 4) is 0 Å². The van der Waals surface area contributed by atoms with Crippen LogP contribution in [-0.2, 0) is 20.0 Å². The Hall–Kier alpha value is -0.540. The molecule has 3 nitrogen and oxygen atoms in total. The quantitative estimate of drug-likeness (QED) is 0.909. The number of aromatic nitrogens is 2. The van der Waals surface area contributed by atoms with Crippen molar-refractivity contribution in [1.29, 1.82) is 0 Å². The Morgan fingerprint density at radius 3 is 2.72 bits per heavy atom. The van der Waals surface area contributed by atoms with Crippen LogP contribution in [0.15, 0.2) is 0 Å². The van der Waals surface area contributed by atoms with Crippen LogP contribution in [0.2, 0.25) is 5.02 Å². The molecule has 2 rings (SSSR count). The summed E-state index contributed by atoms with van der Waals surface area (Å²) < 4.78 is 1.91. The van der Waals surface area contributed by atoms with Crippen molar-refractivity contribution in [2.75, 3.05) is 0 Å². The average molecular weight is 270 g/mol. The first-order chi connectivity index (χ1) is 8.45. The molecule has 1 aliphatic carbocycles. The smallest absolute Gasteiger partial charge is 0.0863 e. The van der Waals surface area contributed by atoms with E-state index >= 15 is 0 Å². The number of aryl methyl sites for hydroxylation is 2. The Balaban J connectivity index is 2.04. The summed E-state index contributed by atoms with van der Waals surface area (Å²) >= 11 is 6.36. The lowest BCUT2D eigenvalue weighted by Crippen LogP contribution is -2.37. The minimum Gasteiger partial charge on any atom is -0.308 e. The molecule has 0 saturated heterocycles. The molecule has 0 amide bonds. The van der Waals surface area contributed by atoms with E-state index in [2.05, 4.69) is 31.2 Å². The normalized spacial score (nSPS) is 22.6. The largest absolute Gasteiger partial charge is 0.308 e. The van der Waals surface area contributed by atoms with Gasteiger partial charge in [-0.25, -0.2) is 0 Å². The fraction of sp³-hybridized carbons (Fsp3) is 0.786. The molecule has 0 bridgehead atoms. The predicted octanol–water partition coefficient (Wildman–Crippen LogP) is 3.30. The van der Waals surface area contributed by atoms with E-state index in [4.69, 9.17) is 11.6 Å². The molecule has 4 heteroatoms. The fourth-order valence-electron chi connectivity index (χ4n) is 2.94. The van der Waals surface area contributed by atoms with Gasteiger partial charge in [0.05, 0.1) is 16.4 Å². The lowest BCUT2D eigenvalue weighted by molar-refractivity contribution is 0.281. The monoisotopic (exact) mass is 269 g/mol. The Morgan fingerprint density at radius 2 is 2.22 bits per heavy atom. The van der Waals surface area contributed by atoms with E-state index in [1.807, 2.05) is 11.7 Å². The van der Waals surface area contributed by atoms with Gasteiger partial charge in [-0.05, 0) is 24.7 Å². The van der Waals surface area contributed by atoms with Gasteiger partial charge in [-0.2, -0.15) is 5.10 Å². The molecule has 0 aliphatic heterocycles. The second kappa shape index (κ2) is 5.22. The average Bonchev–Trinajstić information content (AvgIpc) is 2.77. The first kappa shape index (κ1) is 13.9. The van der Waals surface area contributed by atoms with E-state index in [1.165, 1.54) is 19.3 Å². The summed E-state index contributed by atoms with van der Waals surface area (Å²) in [5, 5.41) is 8.95. The van der Waals surface area contributed by atoms with Crippen LogP contribution in [0.3, 0.4) is 0 Å². The summed E-state index contributed by atoms with van der Waals surface area (Å²) in [6.45, 7) is 7.60. The topological polar surface area (TPSA) is 29.9 Å². The molecule has 0 spiro atoms. The van der Waals surface area contributed by atoms with Crippen molar-refractivity contribution in [2.24, 2.45) is 12.5 Å². The molecule has 1 aromatic rings. The maximum absolute atomic E-state index is 6.36. The Labute approximate surface area is 115 Å². The summed E-state index contributed by atoms with van der Waals surface area (Å²) in [6, 6.07) is 0.591. The summed E-state index contributed by atoms with van der Waals surface area (Å²) in [5.41, 5.74) is 2.51. The van der Waals surface area contributed by atoms with Gasteiger partial charge in [0.2, 0.25) is 0 Å². The zero-order valence-electron chi connectivity index (χ0n) is 11.9. The predicted molar refractivity (Wildman–Crippen MR) is 75.9 cm³/mol. The summed E-state index contributed by atoms with van der Waals surface area (Å²) in [5.74, 6) is 0. The van der Waals surface area contributed by atoms with Crippen LogP contribution in [0.1, 0.15) is 51.4 Å². The van der Waals surface area contributed by atoms with Crippen LogP contribution in [0.5, 0.6) is 0 Å². The molecule has 0 aromatic carbocycles. The molecule has 1 aromatic heterocycles. The fourth-order valence-corrected chi connectivity index (χ4v) is 3.30. The maximum Gasteiger partial charge on any atom is 0.0863 e. The molecule has 1 saturated carbocycles. The number of halogens is 1. The maximum atomic E-state index is 6.36. The van der Waals surface area contributed by atoms with Crippen LogP contribution in [0.25, 0.3) is 0 Å². The van der Waals surface area contributed by atoms with E-state index in [0.29, 0.717) is 11.5 Å². The number of rotatable bonds is 4. The highest BCUT2D eigenvalue weighted by Gasteiger charge is 2.34. The first-order valence-corrected chi connectivity index (χ1v) is 7.27. The van der Waals surface area contributed by atoms with Crippen LogP contribution in [-0.4, -0.2) is 15.8 Å². The van der Waals surface area contributed by atoms with E-state index < -0.39 is 0 Å². The van der Waals surface area contributed by atoms with Gasteiger partial charge in [-0.1, -0.05) is 38.8 Å². The van der Waals surface area contributed by atoms with Crippen LogP contribution in [0.4, 0.5) is 0 Å². The van der Waals surface area contributed by atoms with Crippen molar-refractivity contribution in [1.82, 2.24) is 15.1 Å². The highest BCUT2D eigenvalue weighted by Crippen LogP contribution is 2.37. The van der Waals surface area contributed by atoms with Gasteiger partial charge < -0.3 is 5.32 Å².